The average molecular weight is 335 g/mol. The molecule has 1 aliphatic heterocycles. The summed E-state index contributed by atoms with van der Waals surface area (Å²) in [5.74, 6) is -0.697. The van der Waals surface area contributed by atoms with Crippen molar-refractivity contribution in [3.63, 3.8) is 0 Å². The minimum absolute atomic E-state index is 0.172. The van der Waals surface area contributed by atoms with Crippen LogP contribution in [0.25, 0.3) is 6.08 Å². The Morgan fingerprint density at radius 2 is 2.09 bits per heavy atom. The number of carboxylic acids is 1. The molecule has 0 bridgehead atoms. The molecule has 5 nitrogen and oxygen atoms in total. The topological polar surface area (TPSA) is 75.6 Å². The molecular formula is C15H13NO4S2. The van der Waals surface area contributed by atoms with Crippen molar-refractivity contribution in [3.8, 4) is 5.75 Å². The van der Waals surface area contributed by atoms with Crippen molar-refractivity contribution in [1.29, 1.82) is 0 Å². The van der Waals surface area contributed by atoms with E-state index in [1.165, 1.54) is 11.8 Å². The maximum absolute atomic E-state index is 11.6. The zero-order valence-corrected chi connectivity index (χ0v) is 13.3. The molecule has 0 saturated carbocycles. The highest BCUT2D eigenvalue weighted by molar-refractivity contribution is 8.26. The molecule has 1 heterocycles. The monoisotopic (exact) mass is 335 g/mol. The summed E-state index contributed by atoms with van der Waals surface area (Å²) in [7, 11) is 0. The summed E-state index contributed by atoms with van der Waals surface area (Å²) in [6.45, 7) is 1.48. The smallest absolute Gasteiger partial charge is 0.341 e. The average Bonchev–Trinajstić information content (AvgIpc) is 2.82. The number of thioether (sulfide) groups is 1. The van der Waals surface area contributed by atoms with E-state index in [1.807, 2.05) is 19.1 Å². The molecule has 0 atom stereocenters. The molecule has 1 aromatic rings. The van der Waals surface area contributed by atoms with Gasteiger partial charge in [-0.2, -0.15) is 0 Å². The van der Waals surface area contributed by atoms with Crippen molar-refractivity contribution in [2.75, 3.05) is 6.61 Å². The highest BCUT2D eigenvalue weighted by atomic mass is 32.2. The summed E-state index contributed by atoms with van der Waals surface area (Å²) in [4.78, 5) is 22.6. The largest absolute Gasteiger partial charge is 0.482 e. The number of ether oxygens (including phenoxy) is 1. The van der Waals surface area contributed by atoms with Crippen molar-refractivity contribution < 1.29 is 19.4 Å². The van der Waals surface area contributed by atoms with Crippen molar-refractivity contribution in [2.24, 2.45) is 0 Å². The summed E-state index contributed by atoms with van der Waals surface area (Å²) >= 11 is 6.20. The van der Waals surface area contributed by atoms with E-state index in [-0.39, 0.29) is 12.5 Å². The zero-order chi connectivity index (χ0) is 16.1. The molecule has 1 fully saturated rings. The predicted octanol–water partition coefficient (Wildman–Crippen LogP) is 2.59. The van der Waals surface area contributed by atoms with E-state index < -0.39 is 5.97 Å². The van der Waals surface area contributed by atoms with Crippen molar-refractivity contribution in [2.45, 2.75) is 6.92 Å². The Kier molecular flexibility index (Phi) is 5.35. The Morgan fingerprint density at radius 3 is 2.64 bits per heavy atom. The Balaban J connectivity index is 2.04. The van der Waals surface area contributed by atoms with Gasteiger partial charge in [0.2, 0.25) is 0 Å². The second kappa shape index (κ2) is 7.24. The maximum Gasteiger partial charge on any atom is 0.341 e. The number of thiocarbonyl (C=S) groups is 1. The van der Waals surface area contributed by atoms with Gasteiger partial charge in [-0.15, -0.1) is 0 Å². The molecule has 0 spiro atoms. The molecule has 114 valence electrons. The lowest BCUT2D eigenvalue weighted by atomic mass is 10.1. The van der Waals surface area contributed by atoms with Gasteiger partial charge in [0, 0.05) is 0 Å². The third-order valence-electron chi connectivity index (χ3n) is 2.74. The molecule has 0 radical (unpaired) electrons. The standard InChI is InChI=1S/C15H13NO4S2/c1-9(13-14(19)16-15(21)22-13)2-3-10-4-6-11(7-5-10)20-8-12(17)18/h2-7H,8H2,1H3,(H,17,18)(H,16,19,21)/b3-2+,13-9+. The highest BCUT2D eigenvalue weighted by Gasteiger charge is 2.23. The van der Waals surface area contributed by atoms with E-state index in [4.69, 9.17) is 22.1 Å². The first kappa shape index (κ1) is 16.3. The van der Waals surface area contributed by atoms with Crippen LogP contribution in [0.1, 0.15) is 12.5 Å². The van der Waals surface area contributed by atoms with Crippen LogP contribution in [0.5, 0.6) is 5.75 Å². The molecule has 1 aliphatic rings. The predicted molar refractivity (Wildman–Crippen MR) is 89.6 cm³/mol. The van der Waals surface area contributed by atoms with Crippen LogP contribution in [0, 0.1) is 0 Å². The molecule has 1 amide bonds. The van der Waals surface area contributed by atoms with Gasteiger partial charge in [0.25, 0.3) is 5.91 Å². The fraction of sp³-hybridized carbons (Fsp3) is 0.133. The van der Waals surface area contributed by atoms with Crippen LogP contribution in [0.4, 0.5) is 0 Å². The Labute approximate surface area is 137 Å². The first-order chi connectivity index (χ1) is 10.5. The van der Waals surface area contributed by atoms with Crippen LogP contribution in [-0.2, 0) is 9.59 Å². The van der Waals surface area contributed by atoms with Crippen molar-refractivity contribution in [1.82, 2.24) is 5.32 Å². The van der Waals surface area contributed by atoms with Gasteiger partial charge < -0.3 is 15.2 Å². The number of carbonyl (C=O) groups is 2. The number of nitrogens with one attached hydrogen (secondary N) is 1. The maximum atomic E-state index is 11.6. The lowest BCUT2D eigenvalue weighted by molar-refractivity contribution is -0.139. The third kappa shape index (κ3) is 4.44. The van der Waals surface area contributed by atoms with E-state index in [2.05, 4.69) is 5.32 Å². The lowest BCUT2D eigenvalue weighted by Crippen LogP contribution is -2.18. The van der Waals surface area contributed by atoms with E-state index in [0.29, 0.717) is 15.0 Å². The number of carbonyl (C=O) groups excluding carboxylic acids is 1. The second-order valence-electron chi connectivity index (χ2n) is 4.44. The third-order valence-corrected chi connectivity index (χ3v) is 4.09. The minimum atomic E-state index is -1.02. The van der Waals surface area contributed by atoms with Gasteiger partial charge in [-0.25, -0.2) is 4.79 Å². The number of hydrogen-bond acceptors (Lipinski definition) is 5. The van der Waals surface area contributed by atoms with Gasteiger partial charge in [0.15, 0.2) is 6.61 Å². The van der Waals surface area contributed by atoms with Crippen LogP contribution < -0.4 is 10.1 Å². The Hall–Kier alpha value is -2.12. The molecule has 2 N–H and O–H groups in total. The normalized spacial score (nSPS) is 16.8. The molecule has 1 saturated heterocycles. The summed E-state index contributed by atoms with van der Waals surface area (Å²) in [5, 5.41) is 11.1. The summed E-state index contributed by atoms with van der Waals surface area (Å²) < 4.78 is 5.52. The van der Waals surface area contributed by atoms with Gasteiger partial charge in [0.1, 0.15) is 10.1 Å². The highest BCUT2D eigenvalue weighted by Crippen LogP contribution is 2.27. The number of benzene rings is 1. The molecule has 1 aromatic carbocycles. The fourth-order valence-corrected chi connectivity index (χ4v) is 2.74. The summed E-state index contributed by atoms with van der Waals surface area (Å²) in [5.41, 5.74) is 1.74. The number of amides is 1. The van der Waals surface area contributed by atoms with Crippen molar-refractivity contribution in [3.05, 3.63) is 46.4 Å². The van der Waals surface area contributed by atoms with Gasteiger partial charge >= 0.3 is 5.97 Å². The number of hydrogen-bond donors (Lipinski definition) is 2. The quantitative estimate of drug-likeness (QED) is 0.636. The van der Waals surface area contributed by atoms with Crippen LogP contribution in [0.3, 0.4) is 0 Å². The van der Waals surface area contributed by atoms with E-state index in [9.17, 15) is 9.59 Å². The molecular weight excluding hydrogens is 322 g/mol. The lowest BCUT2D eigenvalue weighted by Gasteiger charge is -2.03. The summed E-state index contributed by atoms with van der Waals surface area (Å²) in [6.07, 6.45) is 3.70. The molecule has 0 aliphatic carbocycles. The molecule has 0 aromatic heterocycles. The van der Waals surface area contributed by atoms with Crippen LogP contribution in [-0.4, -0.2) is 27.9 Å². The number of aliphatic carboxylic acids is 1. The SMILES string of the molecule is CC(/C=C/c1ccc(OCC(=O)O)cc1)=C1\SC(=S)NC1=O. The first-order valence-electron chi connectivity index (χ1n) is 6.32. The Bertz CT molecular complexity index is 677. The van der Waals surface area contributed by atoms with Gasteiger partial charge in [-0.05, 0) is 30.2 Å². The molecule has 2 rings (SSSR count). The minimum Gasteiger partial charge on any atom is -0.482 e. The number of allylic oxidation sites excluding steroid dienone is 2. The molecule has 7 heteroatoms. The Morgan fingerprint density at radius 1 is 1.41 bits per heavy atom. The molecule has 0 unspecified atom stereocenters. The van der Waals surface area contributed by atoms with Crippen LogP contribution >= 0.6 is 24.0 Å². The second-order valence-corrected chi connectivity index (χ2v) is 6.13. The van der Waals surface area contributed by atoms with Gasteiger partial charge in [0.05, 0.1) is 4.91 Å². The van der Waals surface area contributed by atoms with E-state index >= 15 is 0 Å². The zero-order valence-electron chi connectivity index (χ0n) is 11.7. The van der Waals surface area contributed by atoms with E-state index in [0.717, 1.165) is 11.1 Å². The number of carboxylic acid groups (broad SMARTS) is 1. The van der Waals surface area contributed by atoms with E-state index in [1.54, 1.807) is 24.3 Å². The van der Waals surface area contributed by atoms with Crippen molar-refractivity contribution >= 4 is 46.3 Å². The van der Waals surface area contributed by atoms with Gasteiger partial charge in [-0.3, -0.25) is 4.79 Å². The van der Waals surface area contributed by atoms with Crippen LogP contribution in [0.2, 0.25) is 0 Å². The van der Waals surface area contributed by atoms with Gasteiger partial charge in [-0.1, -0.05) is 48.3 Å². The first-order valence-corrected chi connectivity index (χ1v) is 7.55. The molecule has 22 heavy (non-hydrogen) atoms. The summed E-state index contributed by atoms with van der Waals surface area (Å²) in [6, 6.07) is 6.99. The van der Waals surface area contributed by atoms with Crippen LogP contribution in [0.15, 0.2) is 40.8 Å². The number of rotatable bonds is 5. The fourth-order valence-electron chi connectivity index (χ4n) is 1.69.